The molecule has 2 fully saturated rings. The van der Waals surface area contributed by atoms with E-state index in [0.29, 0.717) is 22.9 Å². The molecule has 2 aliphatic rings. The monoisotopic (exact) mass is 494 g/mol. The van der Waals surface area contributed by atoms with Crippen LogP contribution in [0.25, 0.3) is 0 Å². The summed E-state index contributed by atoms with van der Waals surface area (Å²) in [5.74, 6) is -1.17. The van der Waals surface area contributed by atoms with Crippen LogP contribution in [0.2, 0.25) is 0 Å². The fourth-order valence-corrected chi connectivity index (χ4v) is 5.15. The van der Waals surface area contributed by atoms with Crippen molar-refractivity contribution in [3.63, 3.8) is 0 Å². The molecule has 1 saturated heterocycles. The van der Waals surface area contributed by atoms with Crippen LogP contribution in [0, 0.1) is 36.3 Å². The van der Waals surface area contributed by atoms with Crippen molar-refractivity contribution in [3.05, 3.63) is 53.7 Å². The van der Waals surface area contributed by atoms with E-state index >= 15 is 0 Å². The summed E-state index contributed by atoms with van der Waals surface area (Å²) in [5.41, 5.74) is 0.881. The van der Waals surface area contributed by atoms with Gasteiger partial charge < -0.3 is 9.64 Å². The van der Waals surface area contributed by atoms with Gasteiger partial charge in [-0.2, -0.15) is 27.6 Å². The van der Waals surface area contributed by atoms with Crippen molar-refractivity contribution >= 4 is 5.82 Å². The molecule has 7 nitrogen and oxygen atoms in total. The lowest BCUT2D eigenvalue weighted by Crippen LogP contribution is -2.43. The second-order valence-corrected chi connectivity index (χ2v) is 9.13. The highest BCUT2D eigenvalue weighted by molar-refractivity contribution is 5.40. The molecule has 0 amide bonds. The zero-order valence-electron chi connectivity index (χ0n) is 18.8. The Labute approximate surface area is 198 Å². The minimum Gasteiger partial charge on any atom is -0.421 e. The number of aromatic nitrogens is 5. The number of hydrogen-bond donors (Lipinski definition) is 0. The number of alkyl halides is 3. The minimum absolute atomic E-state index is 0.189. The highest BCUT2D eigenvalue weighted by Gasteiger charge is 2.43. The van der Waals surface area contributed by atoms with Crippen LogP contribution in [0.3, 0.4) is 0 Å². The number of nitrogens with zero attached hydrogens (tertiary/aromatic N) is 6. The van der Waals surface area contributed by atoms with E-state index in [9.17, 15) is 22.0 Å². The summed E-state index contributed by atoms with van der Waals surface area (Å²) in [7, 11) is 0. The summed E-state index contributed by atoms with van der Waals surface area (Å²) in [6.07, 6.45) is -0.685. The van der Waals surface area contributed by atoms with Crippen LogP contribution in [0.1, 0.15) is 24.4 Å². The van der Waals surface area contributed by atoms with Gasteiger partial charge in [-0.25, -0.2) is 19.0 Å². The number of rotatable bonds is 6. The van der Waals surface area contributed by atoms with Gasteiger partial charge in [0.2, 0.25) is 5.82 Å². The predicted octanol–water partition coefficient (Wildman–Crippen LogP) is 4.71. The lowest BCUT2D eigenvalue weighted by molar-refractivity contribution is -0.143. The lowest BCUT2D eigenvalue weighted by Gasteiger charge is -2.38. The van der Waals surface area contributed by atoms with E-state index in [2.05, 4.69) is 25.0 Å². The molecule has 12 heteroatoms. The van der Waals surface area contributed by atoms with Crippen molar-refractivity contribution in [1.29, 1.82) is 0 Å². The van der Waals surface area contributed by atoms with Gasteiger partial charge in [-0.05, 0) is 49.7 Å². The first-order valence-electron chi connectivity index (χ1n) is 11.3. The van der Waals surface area contributed by atoms with E-state index in [-0.39, 0.29) is 11.7 Å². The Bertz CT molecular complexity index is 1200. The number of aryl methyl sites for hydroxylation is 1. The zero-order valence-corrected chi connectivity index (χ0v) is 18.8. The Balaban J connectivity index is 1.36. The third-order valence-corrected chi connectivity index (χ3v) is 6.69. The molecule has 3 aromatic rings. The summed E-state index contributed by atoms with van der Waals surface area (Å²) >= 11 is 0. The summed E-state index contributed by atoms with van der Waals surface area (Å²) < 4.78 is 72.8. The molecular weight excluding hydrogens is 471 g/mol. The Morgan fingerprint density at radius 1 is 1.09 bits per heavy atom. The number of halogens is 5. The van der Waals surface area contributed by atoms with Gasteiger partial charge in [0.05, 0.1) is 0 Å². The quantitative estimate of drug-likeness (QED) is 0.462. The average Bonchev–Trinajstić information content (AvgIpc) is 3.24. The molecule has 1 aliphatic heterocycles. The fraction of sp³-hybridized carbons (Fsp3) is 0.478. The number of benzene rings is 1. The lowest BCUT2D eigenvalue weighted by atomic mass is 9.82. The van der Waals surface area contributed by atoms with Gasteiger partial charge in [-0.15, -0.1) is 0 Å². The molecule has 186 valence electrons. The van der Waals surface area contributed by atoms with Gasteiger partial charge >= 0.3 is 12.2 Å². The van der Waals surface area contributed by atoms with Gasteiger partial charge in [0.25, 0.3) is 0 Å². The second-order valence-electron chi connectivity index (χ2n) is 9.13. The summed E-state index contributed by atoms with van der Waals surface area (Å²) in [4.78, 5) is 14.9. The van der Waals surface area contributed by atoms with E-state index < -0.39 is 36.1 Å². The van der Waals surface area contributed by atoms with Crippen LogP contribution in [0.15, 0.2) is 30.6 Å². The third kappa shape index (κ3) is 5.06. The van der Waals surface area contributed by atoms with Crippen molar-refractivity contribution in [3.8, 4) is 11.8 Å². The Hall–Kier alpha value is -3.31. The number of anilines is 1. The largest absolute Gasteiger partial charge is 0.421 e. The van der Waals surface area contributed by atoms with Crippen molar-refractivity contribution in [2.45, 2.75) is 38.9 Å². The standard InChI is InChI=1S/C23H23F5N6O/c1-13-7-20(30-12-29-13)33-9-14-5-6-15(10-33)16(14)8-19-31-22(34(32-19)11-23(26,27)28)35-18-4-2-3-17(24)21(18)25/h2-4,7,12,14-16H,5-6,8-11H2,1H3. The fourth-order valence-electron chi connectivity index (χ4n) is 5.15. The van der Waals surface area contributed by atoms with E-state index in [1.807, 2.05) is 13.0 Å². The average molecular weight is 494 g/mol. The van der Waals surface area contributed by atoms with Gasteiger partial charge in [0.1, 0.15) is 18.7 Å². The maximum atomic E-state index is 14.1. The summed E-state index contributed by atoms with van der Waals surface area (Å²) in [6, 6.07) is 4.62. The molecular formula is C23H23F5N6O. The maximum Gasteiger partial charge on any atom is 0.408 e. The predicted molar refractivity (Wildman–Crippen MR) is 115 cm³/mol. The highest BCUT2D eigenvalue weighted by atomic mass is 19.4. The van der Waals surface area contributed by atoms with Gasteiger partial charge in [0, 0.05) is 31.3 Å². The number of ether oxygens (including phenoxy) is 1. The molecule has 2 bridgehead atoms. The number of fused-ring (bicyclic) bond motifs is 2. The molecule has 0 spiro atoms. The molecule has 35 heavy (non-hydrogen) atoms. The second kappa shape index (κ2) is 9.04. The van der Waals surface area contributed by atoms with E-state index in [1.54, 1.807) is 6.33 Å². The molecule has 1 aromatic carbocycles. The maximum absolute atomic E-state index is 14.1. The van der Waals surface area contributed by atoms with Crippen LogP contribution in [-0.4, -0.2) is 44.0 Å². The van der Waals surface area contributed by atoms with Crippen LogP contribution in [0.4, 0.5) is 27.8 Å². The smallest absolute Gasteiger partial charge is 0.408 e. The first kappa shape index (κ1) is 23.4. The van der Waals surface area contributed by atoms with Crippen LogP contribution in [-0.2, 0) is 13.0 Å². The Kier molecular flexibility index (Phi) is 6.06. The molecule has 2 unspecified atom stereocenters. The Morgan fingerprint density at radius 2 is 1.83 bits per heavy atom. The van der Waals surface area contributed by atoms with Crippen molar-refractivity contribution < 1.29 is 26.7 Å². The van der Waals surface area contributed by atoms with Crippen LogP contribution < -0.4 is 9.64 Å². The van der Waals surface area contributed by atoms with Crippen LogP contribution in [0.5, 0.6) is 11.8 Å². The molecule has 1 saturated carbocycles. The molecule has 2 aromatic heterocycles. The molecule has 0 radical (unpaired) electrons. The van der Waals surface area contributed by atoms with Gasteiger partial charge in [0.15, 0.2) is 17.4 Å². The van der Waals surface area contributed by atoms with Crippen molar-refractivity contribution in [2.75, 3.05) is 18.0 Å². The highest BCUT2D eigenvalue weighted by Crippen LogP contribution is 2.44. The molecule has 3 heterocycles. The first-order chi connectivity index (χ1) is 16.7. The third-order valence-electron chi connectivity index (χ3n) is 6.69. The first-order valence-corrected chi connectivity index (χ1v) is 11.3. The topological polar surface area (TPSA) is 69.0 Å². The number of piperidine rings is 1. The molecule has 2 atom stereocenters. The zero-order chi connectivity index (χ0) is 24.7. The van der Waals surface area contributed by atoms with Crippen molar-refractivity contribution in [2.24, 2.45) is 17.8 Å². The molecule has 0 N–H and O–H groups in total. The summed E-state index contributed by atoms with van der Waals surface area (Å²) in [5, 5.41) is 4.03. The van der Waals surface area contributed by atoms with E-state index in [1.165, 1.54) is 6.07 Å². The van der Waals surface area contributed by atoms with Crippen molar-refractivity contribution in [1.82, 2.24) is 24.7 Å². The van der Waals surface area contributed by atoms with Gasteiger partial charge in [-0.3, -0.25) is 0 Å². The van der Waals surface area contributed by atoms with E-state index in [4.69, 9.17) is 4.74 Å². The van der Waals surface area contributed by atoms with Gasteiger partial charge in [-0.1, -0.05) is 6.07 Å². The molecule has 5 rings (SSSR count). The molecule has 1 aliphatic carbocycles. The SMILES string of the molecule is Cc1cc(N2CC3CCC(C2)C3Cc2nc(Oc3cccc(F)c3F)n(CC(F)(F)F)n2)ncn1. The van der Waals surface area contributed by atoms with Crippen LogP contribution >= 0.6 is 0 Å². The Morgan fingerprint density at radius 3 is 2.51 bits per heavy atom. The number of hydrogen-bond acceptors (Lipinski definition) is 6. The minimum atomic E-state index is -4.59. The normalized spacial score (nSPS) is 22.0. The summed E-state index contributed by atoms with van der Waals surface area (Å²) in [6.45, 7) is 2.01. The van der Waals surface area contributed by atoms with E-state index in [0.717, 1.165) is 49.6 Å².